The summed E-state index contributed by atoms with van der Waals surface area (Å²) in [6, 6.07) is 56.3. The van der Waals surface area contributed by atoms with Crippen molar-refractivity contribution in [2.75, 3.05) is 0 Å². The van der Waals surface area contributed by atoms with Crippen LogP contribution in [0.5, 0.6) is 0 Å². The fourth-order valence-corrected chi connectivity index (χ4v) is 30.4. The molecule has 0 bridgehead atoms. The van der Waals surface area contributed by atoms with Crippen LogP contribution in [0.3, 0.4) is 0 Å². The highest BCUT2D eigenvalue weighted by Gasteiger charge is 2.23. The minimum Gasteiger partial charge on any atom is -0.139 e. The predicted octanol–water partition coefficient (Wildman–Crippen LogP) is 30.8. The van der Waals surface area contributed by atoms with Gasteiger partial charge in [0.25, 0.3) is 0 Å². The van der Waals surface area contributed by atoms with E-state index in [1.54, 1.807) is 0 Å². The van der Waals surface area contributed by atoms with Crippen LogP contribution in [-0.4, -0.2) is 0 Å². The molecule has 0 amide bonds. The Balaban J connectivity index is 0.576. The fourth-order valence-electron chi connectivity index (χ4n) is 11.4. The van der Waals surface area contributed by atoms with E-state index in [2.05, 4.69) is 215 Å². The van der Waals surface area contributed by atoms with Gasteiger partial charge in [0.05, 0.1) is 0 Å². The van der Waals surface area contributed by atoms with Gasteiger partial charge in [0.15, 0.2) is 0 Å². The third-order valence-corrected chi connectivity index (χ3v) is 37.3. The van der Waals surface area contributed by atoms with Crippen LogP contribution in [0, 0.1) is 69.2 Å². The van der Waals surface area contributed by atoms with E-state index in [1.165, 1.54) is 201 Å². The Labute approximate surface area is 589 Å². The molecule has 16 heteroatoms. The lowest BCUT2D eigenvalue weighted by atomic mass is 10.2. The molecule has 0 aromatic carbocycles. The van der Waals surface area contributed by atoms with Gasteiger partial charge in [0.2, 0.25) is 0 Å². The van der Waals surface area contributed by atoms with Crippen LogP contribution in [0.15, 0.2) is 146 Å². The second kappa shape index (κ2) is 24.2. The van der Waals surface area contributed by atoms with Gasteiger partial charge in [-0.25, -0.2) is 0 Å². The minimum absolute atomic E-state index is 1.33. The molecule has 16 heterocycles. The van der Waals surface area contributed by atoms with E-state index < -0.39 is 0 Å². The van der Waals surface area contributed by atoms with E-state index in [1.807, 2.05) is 181 Å². The maximum absolute atomic E-state index is 2.41. The van der Waals surface area contributed by atoms with Gasteiger partial charge < -0.3 is 0 Å². The van der Waals surface area contributed by atoms with Crippen LogP contribution in [0.1, 0.15) is 54.3 Å². The second-order valence-corrected chi connectivity index (χ2v) is 40.3. The van der Waals surface area contributed by atoms with Gasteiger partial charge in [0, 0.05) is 156 Å². The van der Waals surface area contributed by atoms with Gasteiger partial charge in [0.1, 0.15) is 0 Å². The van der Waals surface area contributed by atoms with Crippen molar-refractivity contribution in [1.82, 2.24) is 0 Å². The van der Waals surface area contributed by atoms with Crippen molar-refractivity contribution in [2.24, 2.45) is 0 Å². The first-order chi connectivity index (χ1) is 43.6. The number of thiophene rings is 16. The number of hydrogen-bond donors (Lipinski definition) is 0. The highest BCUT2D eigenvalue weighted by Crippen LogP contribution is 2.54. The smallest absolute Gasteiger partial charge is 0.0479 e. The molecule has 0 spiro atoms. The molecule has 0 aliphatic heterocycles. The van der Waals surface area contributed by atoms with Gasteiger partial charge >= 0.3 is 0 Å². The predicted molar refractivity (Wildman–Crippen MR) is 421 cm³/mol. The molecular formula is C74H54S16. The van der Waals surface area contributed by atoms with Crippen molar-refractivity contribution in [3.63, 3.8) is 0 Å². The normalized spacial score (nSPS) is 11.9. The molecule has 0 atom stereocenters. The molecule has 0 aliphatic rings. The van der Waals surface area contributed by atoms with Crippen molar-refractivity contribution in [3.8, 4) is 146 Å². The van der Waals surface area contributed by atoms with Crippen molar-refractivity contribution in [3.05, 3.63) is 200 Å². The zero-order valence-corrected chi connectivity index (χ0v) is 63.5. The standard InChI is InChI=1S/C74H54S16/c1-35-28-61(76-44(35)10)53-13-11-45(77-53)46-12-14-54(78-46)62-29-41(7)74(85-62)67-34-42(8)73(90-67)60-26-20-52(84-60)51-19-25-59(83-51)72-40(6)33-66(89-72)65-32-39(5)71(88-65)58-24-18-50(82-58)49-17-23-57(81-49)70-38(4)31-64(87-70)63-30-37(3)69(86-63)56-22-16-48(80-56)47-15-21-55(79-47)68-36(2)27-43(9)75-68/h11-34H,1-10H3. The van der Waals surface area contributed by atoms with E-state index in [9.17, 15) is 0 Å². The van der Waals surface area contributed by atoms with Gasteiger partial charge in [-0.3, -0.25) is 0 Å². The van der Waals surface area contributed by atoms with Crippen LogP contribution < -0.4 is 0 Å². The van der Waals surface area contributed by atoms with E-state index in [0.29, 0.717) is 0 Å². The molecule has 16 rings (SSSR count). The molecule has 0 saturated carbocycles. The van der Waals surface area contributed by atoms with Crippen molar-refractivity contribution in [2.45, 2.75) is 69.2 Å². The summed E-state index contributed by atoms with van der Waals surface area (Å²) in [6.07, 6.45) is 0. The number of hydrogen-bond acceptors (Lipinski definition) is 16. The van der Waals surface area contributed by atoms with Gasteiger partial charge in [-0.2, -0.15) is 0 Å². The minimum atomic E-state index is 1.33. The number of aryl methyl sites for hydroxylation is 10. The molecule has 16 aromatic rings. The topological polar surface area (TPSA) is 0 Å². The molecule has 0 radical (unpaired) electrons. The van der Waals surface area contributed by atoms with Crippen molar-refractivity contribution < 1.29 is 0 Å². The summed E-state index contributed by atoms with van der Waals surface area (Å²) in [5.74, 6) is 0. The molecule has 90 heavy (non-hydrogen) atoms. The maximum Gasteiger partial charge on any atom is 0.0479 e. The van der Waals surface area contributed by atoms with Gasteiger partial charge in [-0.05, 0) is 259 Å². The summed E-state index contributed by atoms with van der Waals surface area (Å²) in [6.45, 7) is 22.6. The summed E-state index contributed by atoms with van der Waals surface area (Å²) in [5, 5.41) is 0. The van der Waals surface area contributed by atoms with Crippen molar-refractivity contribution in [1.29, 1.82) is 0 Å². The lowest BCUT2D eigenvalue weighted by Gasteiger charge is -1.96. The molecule has 16 aromatic heterocycles. The van der Waals surface area contributed by atoms with E-state index in [0.717, 1.165) is 0 Å². The van der Waals surface area contributed by atoms with Gasteiger partial charge in [-0.15, -0.1) is 181 Å². The molecule has 0 saturated heterocycles. The van der Waals surface area contributed by atoms with E-state index in [4.69, 9.17) is 0 Å². The molecular weight excluding hydrogens is 1400 g/mol. The first kappa shape index (κ1) is 60.2. The average molecular weight is 1460 g/mol. The summed E-state index contributed by atoms with van der Waals surface area (Å²) < 4.78 is 0. The summed E-state index contributed by atoms with van der Waals surface area (Å²) in [4.78, 5) is 43.5. The average Bonchev–Trinajstić information content (AvgIpc) is 2.61. The fraction of sp³-hybridized carbons (Fsp3) is 0.135. The largest absolute Gasteiger partial charge is 0.139 e. The summed E-state index contributed by atoms with van der Waals surface area (Å²) in [7, 11) is 0. The quantitative estimate of drug-likeness (QED) is 0.0960. The highest BCUT2D eigenvalue weighted by atomic mass is 32.2. The number of rotatable bonds is 15. The molecule has 0 N–H and O–H groups in total. The van der Waals surface area contributed by atoms with Crippen LogP contribution in [-0.2, 0) is 0 Å². The molecule has 0 fully saturated rings. The SMILES string of the molecule is Cc1cc(C)c(-c2ccc(-c3ccc(-c4sc(-c5cc(C)c(-c6ccc(-c7ccc(-c8sc(-c9cc(C)c(-c%10ccc(-c%11ccc(-c%12sc(-c%13sc(-c%14ccc(-c%15ccc(-c%16cc(C)c(C)s%16)s%15)s%14)cc%13C)cc%12C)s%11)s%10)s9)cc8C)s7)s6)s5)cc4C)s3)s2)s1. The summed E-state index contributed by atoms with van der Waals surface area (Å²) in [5.41, 5.74) is 10.9. The Morgan fingerprint density at radius 3 is 0.578 bits per heavy atom. The molecule has 0 nitrogen and oxygen atoms in total. The van der Waals surface area contributed by atoms with Crippen LogP contribution in [0.25, 0.3) is 146 Å². The Morgan fingerprint density at radius 1 is 0.144 bits per heavy atom. The third-order valence-electron chi connectivity index (χ3n) is 16.1. The lowest BCUT2D eigenvalue weighted by molar-refractivity contribution is 1.44. The molecule has 0 aliphatic carbocycles. The van der Waals surface area contributed by atoms with E-state index >= 15 is 0 Å². The van der Waals surface area contributed by atoms with Gasteiger partial charge in [-0.1, -0.05) is 0 Å². The van der Waals surface area contributed by atoms with Crippen LogP contribution in [0.2, 0.25) is 0 Å². The Hall–Kier alpha value is -4.80. The molecule has 0 unspecified atom stereocenters. The third kappa shape index (κ3) is 11.3. The Bertz CT molecular complexity index is 5320. The van der Waals surface area contributed by atoms with Crippen LogP contribution >= 0.6 is 181 Å². The van der Waals surface area contributed by atoms with Crippen LogP contribution in [0.4, 0.5) is 0 Å². The zero-order valence-electron chi connectivity index (χ0n) is 50.4. The second-order valence-electron chi connectivity index (χ2n) is 22.8. The lowest BCUT2D eigenvalue weighted by Crippen LogP contribution is -1.68. The summed E-state index contributed by atoms with van der Waals surface area (Å²) >= 11 is 30.8. The zero-order chi connectivity index (χ0) is 61.4. The van der Waals surface area contributed by atoms with Crippen molar-refractivity contribution >= 4 is 181 Å². The first-order valence-corrected chi connectivity index (χ1v) is 42.3. The van der Waals surface area contributed by atoms with E-state index in [-0.39, 0.29) is 0 Å². The first-order valence-electron chi connectivity index (χ1n) is 29.2. The monoisotopic (exact) mass is 1450 g/mol. The Kier molecular flexibility index (Phi) is 16.2. The highest BCUT2D eigenvalue weighted by molar-refractivity contribution is 7.34. The maximum atomic E-state index is 2.41. The molecule has 446 valence electrons. The Morgan fingerprint density at radius 2 is 0.322 bits per heavy atom.